The Hall–Kier alpha value is -4.70. The highest BCUT2D eigenvalue weighted by atomic mass is 32.1. The second kappa shape index (κ2) is 11.1. The molecule has 2 aliphatic heterocycles. The van der Waals surface area contributed by atoms with E-state index in [1.807, 2.05) is 62.4 Å². The van der Waals surface area contributed by atoms with Crippen LogP contribution in [0.3, 0.4) is 0 Å². The van der Waals surface area contributed by atoms with Crippen LogP contribution in [0.5, 0.6) is 11.5 Å². The highest BCUT2D eigenvalue weighted by molar-refractivity contribution is 7.21. The van der Waals surface area contributed by atoms with Crippen molar-refractivity contribution in [2.75, 3.05) is 23.3 Å². The van der Waals surface area contributed by atoms with Gasteiger partial charge in [0.15, 0.2) is 0 Å². The van der Waals surface area contributed by atoms with Gasteiger partial charge in [0.2, 0.25) is 5.91 Å². The maximum absolute atomic E-state index is 13.6. The minimum absolute atomic E-state index is 0.0560. The summed E-state index contributed by atoms with van der Waals surface area (Å²) < 4.78 is 5.97. The molecular formula is C31H29N5O4S. The number of piperidine rings is 1. The van der Waals surface area contributed by atoms with Crippen LogP contribution in [-0.2, 0) is 4.79 Å². The largest absolute Gasteiger partial charge is 0.457 e. The number of pyridine rings is 1. The molecule has 0 bridgehead atoms. The Kier molecular flexibility index (Phi) is 7.15. The molecule has 9 nitrogen and oxygen atoms in total. The summed E-state index contributed by atoms with van der Waals surface area (Å²) in [7, 11) is 0. The second-order valence-corrected chi connectivity index (χ2v) is 11.0. The average molecular weight is 568 g/mol. The van der Waals surface area contributed by atoms with Gasteiger partial charge in [0.25, 0.3) is 5.91 Å². The maximum atomic E-state index is 13.6. The van der Waals surface area contributed by atoms with E-state index in [4.69, 9.17) is 4.74 Å². The number of hydrogen-bond acceptors (Lipinski definition) is 6. The number of carbonyl (C=O) groups excluding carboxylic acids is 3. The molecule has 1 atom stereocenters. The van der Waals surface area contributed by atoms with Crippen molar-refractivity contribution in [1.82, 2.24) is 15.2 Å². The summed E-state index contributed by atoms with van der Waals surface area (Å²) in [5.74, 6) is 1.05. The van der Waals surface area contributed by atoms with E-state index < -0.39 is 0 Å². The molecule has 2 aromatic heterocycles. The molecule has 1 saturated heterocycles. The van der Waals surface area contributed by atoms with Crippen LogP contribution < -0.4 is 20.3 Å². The van der Waals surface area contributed by atoms with Crippen LogP contribution in [-0.4, -0.2) is 46.9 Å². The molecule has 0 saturated carbocycles. The minimum atomic E-state index is -0.363. The number of nitrogens with zero attached hydrogens (tertiary/aromatic N) is 3. The number of ether oxygens (including phenoxy) is 1. The summed E-state index contributed by atoms with van der Waals surface area (Å²) in [4.78, 5) is 48.3. The normalized spacial score (nSPS) is 16.6. The van der Waals surface area contributed by atoms with Crippen molar-refractivity contribution in [3.8, 4) is 11.5 Å². The van der Waals surface area contributed by atoms with Crippen molar-refractivity contribution in [2.45, 2.75) is 32.7 Å². The number of nitrogens with one attached hydrogen (secondary N) is 2. The van der Waals surface area contributed by atoms with Crippen molar-refractivity contribution >= 4 is 56.5 Å². The van der Waals surface area contributed by atoms with Crippen LogP contribution in [0.25, 0.3) is 10.2 Å². The van der Waals surface area contributed by atoms with E-state index in [9.17, 15) is 14.4 Å². The quantitative estimate of drug-likeness (QED) is 0.263. The summed E-state index contributed by atoms with van der Waals surface area (Å²) in [6.07, 6.45) is 6.50. The molecule has 2 aliphatic rings. The Morgan fingerprint density at radius 3 is 2.73 bits per heavy atom. The molecule has 1 fully saturated rings. The predicted octanol–water partition coefficient (Wildman–Crippen LogP) is 6.38. The van der Waals surface area contributed by atoms with Gasteiger partial charge < -0.3 is 20.3 Å². The molecule has 0 radical (unpaired) electrons. The van der Waals surface area contributed by atoms with Crippen LogP contribution in [0.4, 0.5) is 21.9 Å². The molecule has 2 N–H and O–H groups in total. The Morgan fingerprint density at radius 1 is 1.12 bits per heavy atom. The van der Waals surface area contributed by atoms with Gasteiger partial charge in [-0.2, -0.15) is 0 Å². The number of carbonyl (C=O) groups is 3. The molecule has 10 heteroatoms. The van der Waals surface area contributed by atoms with Crippen molar-refractivity contribution in [3.05, 3.63) is 83.4 Å². The number of hydrogen-bond donors (Lipinski definition) is 2. The first kappa shape index (κ1) is 26.5. The fraction of sp³-hybridized carbons (Fsp3) is 0.226. The zero-order valence-electron chi connectivity index (χ0n) is 22.7. The topological polar surface area (TPSA) is 104 Å². The van der Waals surface area contributed by atoms with Gasteiger partial charge in [-0.3, -0.25) is 14.5 Å². The molecule has 4 aromatic rings. The maximum Gasteiger partial charge on any atom is 0.331 e. The van der Waals surface area contributed by atoms with Crippen molar-refractivity contribution in [1.29, 1.82) is 0 Å². The molecule has 4 amide bonds. The summed E-state index contributed by atoms with van der Waals surface area (Å²) in [6.45, 7) is 4.85. The van der Waals surface area contributed by atoms with Gasteiger partial charge in [-0.15, -0.1) is 11.3 Å². The number of anilines is 3. The Labute approximate surface area is 241 Å². The Bertz CT molecular complexity index is 1680. The van der Waals surface area contributed by atoms with E-state index in [1.54, 1.807) is 34.2 Å². The minimum Gasteiger partial charge on any atom is -0.457 e. The van der Waals surface area contributed by atoms with E-state index in [0.717, 1.165) is 29.5 Å². The van der Waals surface area contributed by atoms with E-state index in [0.29, 0.717) is 45.6 Å². The monoisotopic (exact) mass is 567 g/mol. The van der Waals surface area contributed by atoms with Gasteiger partial charge in [-0.1, -0.05) is 24.3 Å². The third-order valence-electron chi connectivity index (χ3n) is 7.22. The first-order valence-corrected chi connectivity index (χ1v) is 14.3. The number of aryl methyl sites for hydroxylation is 1. The number of para-hydroxylation sites is 1. The standard InChI is InChI=1S/C31H29N5O4S/c1-3-8-25(37)35-16-7-9-20(18-35)33-29(38)28-27-26-24(14-15-32-30(26)41-28)36(31(39)34-27)23-13-12-22(17-19(23)2)40-21-10-5-4-6-11-21/h3-6,8,10-15,17,20H,7,9,16,18H2,1-2H3,(H,33,38)(H,34,39)/b8-3+. The fourth-order valence-electron chi connectivity index (χ4n) is 5.34. The molecule has 6 rings (SSSR count). The van der Waals surface area contributed by atoms with E-state index in [-0.39, 0.29) is 23.9 Å². The SMILES string of the molecule is C/C=C/C(=O)N1CCCC(NC(=O)c2sc3nccc4c3c2NC(=O)N4c2ccc(Oc3ccccc3)cc2C)C1. The molecule has 41 heavy (non-hydrogen) atoms. The number of thiophene rings is 1. The first-order valence-electron chi connectivity index (χ1n) is 13.5. The number of rotatable bonds is 6. The lowest BCUT2D eigenvalue weighted by molar-refractivity contribution is -0.127. The van der Waals surface area contributed by atoms with E-state index >= 15 is 0 Å². The van der Waals surface area contributed by atoms with Gasteiger partial charge in [0.1, 0.15) is 21.2 Å². The van der Waals surface area contributed by atoms with Crippen LogP contribution in [0.2, 0.25) is 0 Å². The second-order valence-electron chi connectivity index (χ2n) is 10.0. The Balaban J connectivity index is 1.28. The van der Waals surface area contributed by atoms with Crippen LogP contribution in [0.15, 0.2) is 72.9 Å². The number of aromatic nitrogens is 1. The third kappa shape index (κ3) is 5.14. The lowest BCUT2D eigenvalue weighted by Crippen LogP contribution is -2.49. The highest BCUT2D eigenvalue weighted by Gasteiger charge is 2.34. The lowest BCUT2D eigenvalue weighted by Gasteiger charge is -2.32. The average Bonchev–Trinajstić information content (AvgIpc) is 3.34. The number of urea groups is 1. The fourth-order valence-corrected chi connectivity index (χ4v) is 6.37. The molecule has 0 spiro atoms. The molecule has 4 heterocycles. The molecular weight excluding hydrogens is 538 g/mol. The van der Waals surface area contributed by atoms with E-state index in [2.05, 4.69) is 15.6 Å². The first-order chi connectivity index (χ1) is 19.9. The lowest BCUT2D eigenvalue weighted by atomic mass is 10.0. The van der Waals surface area contributed by atoms with Gasteiger partial charge in [-0.25, -0.2) is 9.78 Å². The summed E-state index contributed by atoms with van der Waals surface area (Å²) >= 11 is 1.25. The van der Waals surface area contributed by atoms with Crippen molar-refractivity contribution in [2.24, 2.45) is 0 Å². The van der Waals surface area contributed by atoms with Crippen LogP contribution in [0.1, 0.15) is 35.0 Å². The smallest absolute Gasteiger partial charge is 0.331 e. The molecule has 1 unspecified atom stereocenters. The molecule has 208 valence electrons. The predicted molar refractivity (Wildman–Crippen MR) is 160 cm³/mol. The zero-order valence-corrected chi connectivity index (χ0v) is 23.5. The number of likely N-dealkylation sites (tertiary alicyclic amines) is 1. The van der Waals surface area contributed by atoms with Crippen molar-refractivity contribution < 1.29 is 19.1 Å². The number of allylic oxidation sites excluding steroid dienone is 1. The number of amides is 4. The Morgan fingerprint density at radius 2 is 1.95 bits per heavy atom. The third-order valence-corrected chi connectivity index (χ3v) is 8.31. The molecule has 2 aromatic carbocycles. The van der Waals surface area contributed by atoms with Crippen LogP contribution in [0, 0.1) is 6.92 Å². The van der Waals surface area contributed by atoms with Gasteiger partial charge >= 0.3 is 6.03 Å². The summed E-state index contributed by atoms with van der Waals surface area (Å²) in [5, 5.41) is 6.76. The van der Waals surface area contributed by atoms with Crippen LogP contribution >= 0.6 is 11.3 Å². The van der Waals surface area contributed by atoms with Gasteiger partial charge in [0, 0.05) is 25.3 Å². The number of benzene rings is 2. The van der Waals surface area contributed by atoms with Gasteiger partial charge in [-0.05, 0) is 74.7 Å². The zero-order chi connectivity index (χ0) is 28.5. The summed E-state index contributed by atoms with van der Waals surface area (Å²) in [5.41, 5.74) is 2.67. The van der Waals surface area contributed by atoms with Gasteiger partial charge in [0.05, 0.1) is 22.4 Å². The summed E-state index contributed by atoms with van der Waals surface area (Å²) in [6, 6.07) is 16.3. The highest BCUT2D eigenvalue weighted by Crippen LogP contribution is 2.46. The van der Waals surface area contributed by atoms with Crippen molar-refractivity contribution in [3.63, 3.8) is 0 Å². The molecule has 0 aliphatic carbocycles. The van der Waals surface area contributed by atoms with E-state index in [1.165, 1.54) is 11.3 Å².